The zero-order valence-electron chi connectivity index (χ0n) is 11.5. The van der Waals surface area contributed by atoms with Crippen LogP contribution in [-0.2, 0) is 10.2 Å². The fourth-order valence-corrected chi connectivity index (χ4v) is 1.88. The highest BCUT2D eigenvalue weighted by Gasteiger charge is 2.25. The molecule has 19 heavy (non-hydrogen) atoms. The number of rotatable bonds is 7. The molecule has 0 aliphatic carbocycles. The van der Waals surface area contributed by atoms with Crippen LogP contribution in [-0.4, -0.2) is 26.8 Å². The highest BCUT2D eigenvalue weighted by Crippen LogP contribution is 2.30. The third-order valence-electron chi connectivity index (χ3n) is 3.15. The average molecular weight is 275 g/mol. The van der Waals surface area contributed by atoms with E-state index >= 15 is 0 Å². The summed E-state index contributed by atoms with van der Waals surface area (Å²) < 4.78 is 44.7. The first-order chi connectivity index (χ1) is 8.88. The quantitative estimate of drug-likeness (QED) is 0.610. The Bertz CT molecular complexity index is 421. The van der Waals surface area contributed by atoms with Gasteiger partial charge in [-0.2, -0.15) is 0 Å². The van der Waals surface area contributed by atoms with Crippen molar-refractivity contribution in [3.8, 4) is 0 Å². The predicted octanol–water partition coefficient (Wildman–Crippen LogP) is 3.01. The van der Waals surface area contributed by atoms with E-state index in [1.165, 1.54) is 0 Å². The standard InChI is InChI=1S/C14H20F3NO/c1-14(2,4-5-18-6-7-19-3)10-8-12(16)13(17)9-11(10)15/h8-9,18H,4-7H2,1-3H3. The molecule has 0 amide bonds. The van der Waals surface area contributed by atoms with E-state index in [1.807, 2.05) is 0 Å². The second-order valence-corrected chi connectivity index (χ2v) is 5.12. The van der Waals surface area contributed by atoms with Crippen molar-refractivity contribution in [3.05, 3.63) is 35.1 Å². The highest BCUT2D eigenvalue weighted by atomic mass is 19.2. The van der Waals surface area contributed by atoms with Crippen molar-refractivity contribution < 1.29 is 17.9 Å². The molecule has 0 bridgehead atoms. The number of halogens is 3. The largest absolute Gasteiger partial charge is 0.383 e. The van der Waals surface area contributed by atoms with Gasteiger partial charge in [0.05, 0.1) is 6.61 Å². The Balaban J connectivity index is 2.68. The summed E-state index contributed by atoms with van der Waals surface area (Å²) in [4.78, 5) is 0. The smallest absolute Gasteiger partial charge is 0.161 e. The number of ether oxygens (including phenoxy) is 1. The van der Waals surface area contributed by atoms with Crippen molar-refractivity contribution in [1.29, 1.82) is 0 Å². The van der Waals surface area contributed by atoms with Gasteiger partial charge in [-0.15, -0.1) is 0 Å². The molecule has 0 aliphatic rings. The van der Waals surface area contributed by atoms with Gasteiger partial charge in [0.2, 0.25) is 0 Å². The lowest BCUT2D eigenvalue weighted by atomic mass is 9.81. The summed E-state index contributed by atoms with van der Waals surface area (Å²) in [5, 5.41) is 3.14. The number of nitrogens with one attached hydrogen (secondary N) is 1. The van der Waals surface area contributed by atoms with Crippen LogP contribution in [0.1, 0.15) is 25.8 Å². The van der Waals surface area contributed by atoms with Gasteiger partial charge in [0.1, 0.15) is 5.82 Å². The van der Waals surface area contributed by atoms with Gasteiger partial charge in [-0.25, -0.2) is 13.2 Å². The normalized spacial score (nSPS) is 11.9. The maximum atomic E-state index is 13.7. The van der Waals surface area contributed by atoms with Gasteiger partial charge < -0.3 is 10.1 Å². The Morgan fingerprint density at radius 1 is 1.05 bits per heavy atom. The van der Waals surface area contributed by atoms with Crippen LogP contribution in [0, 0.1) is 17.5 Å². The Morgan fingerprint density at radius 3 is 2.32 bits per heavy atom. The molecule has 1 aromatic rings. The monoisotopic (exact) mass is 275 g/mol. The summed E-state index contributed by atoms with van der Waals surface area (Å²) in [5.74, 6) is -2.88. The third kappa shape index (κ3) is 4.51. The first kappa shape index (κ1) is 16.0. The molecule has 0 saturated carbocycles. The van der Waals surface area contributed by atoms with Crippen LogP contribution in [0.5, 0.6) is 0 Å². The Hall–Kier alpha value is -1.07. The highest BCUT2D eigenvalue weighted by molar-refractivity contribution is 5.27. The second-order valence-electron chi connectivity index (χ2n) is 5.12. The molecule has 0 radical (unpaired) electrons. The van der Waals surface area contributed by atoms with E-state index in [0.29, 0.717) is 32.2 Å². The molecule has 0 atom stereocenters. The Morgan fingerprint density at radius 2 is 1.68 bits per heavy atom. The molecule has 0 aliphatic heterocycles. The number of benzene rings is 1. The summed E-state index contributed by atoms with van der Waals surface area (Å²) in [5.41, 5.74) is -0.376. The first-order valence-corrected chi connectivity index (χ1v) is 6.23. The van der Waals surface area contributed by atoms with Gasteiger partial charge >= 0.3 is 0 Å². The molecule has 0 spiro atoms. The van der Waals surface area contributed by atoms with E-state index in [-0.39, 0.29) is 5.56 Å². The fourth-order valence-electron chi connectivity index (χ4n) is 1.88. The Labute approximate surface area is 112 Å². The van der Waals surface area contributed by atoms with Gasteiger partial charge in [-0.1, -0.05) is 13.8 Å². The van der Waals surface area contributed by atoms with Gasteiger partial charge in [0.25, 0.3) is 0 Å². The van der Waals surface area contributed by atoms with Crippen molar-refractivity contribution in [3.63, 3.8) is 0 Å². The van der Waals surface area contributed by atoms with Gasteiger partial charge in [-0.05, 0) is 30.0 Å². The van der Waals surface area contributed by atoms with Crippen LogP contribution in [0.25, 0.3) is 0 Å². The van der Waals surface area contributed by atoms with E-state index < -0.39 is 22.9 Å². The minimum absolute atomic E-state index is 0.194. The van der Waals surface area contributed by atoms with E-state index in [1.54, 1.807) is 21.0 Å². The summed E-state index contributed by atoms with van der Waals surface area (Å²) in [6, 6.07) is 1.55. The van der Waals surface area contributed by atoms with E-state index in [2.05, 4.69) is 5.32 Å². The van der Waals surface area contributed by atoms with E-state index in [4.69, 9.17) is 4.74 Å². The topological polar surface area (TPSA) is 21.3 Å². The van der Waals surface area contributed by atoms with Crippen LogP contribution in [0.2, 0.25) is 0 Å². The summed E-state index contributed by atoms with van der Waals surface area (Å²) in [6.07, 6.45) is 0.610. The van der Waals surface area contributed by atoms with Crippen molar-refractivity contribution in [2.24, 2.45) is 0 Å². The number of hydrogen-bond acceptors (Lipinski definition) is 2. The summed E-state index contributed by atoms with van der Waals surface area (Å²) in [6.45, 7) is 5.56. The van der Waals surface area contributed by atoms with Crippen LogP contribution < -0.4 is 5.32 Å². The zero-order chi connectivity index (χ0) is 14.5. The SMILES string of the molecule is COCCNCCC(C)(C)c1cc(F)c(F)cc1F. The molecular formula is C14H20F3NO. The molecule has 0 unspecified atom stereocenters. The third-order valence-corrected chi connectivity index (χ3v) is 3.15. The summed E-state index contributed by atoms with van der Waals surface area (Å²) in [7, 11) is 1.61. The molecule has 1 N–H and O–H groups in total. The zero-order valence-corrected chi connectivity index (χ0v) is 11.5. The summed E-state index contributed by atoms with van der Waals surface area (Å²) >= 11 is 0. The second kappa shape index (κ2) is 6.91. The molecular weight excluding hydrogens is 255 g/mol. The predicted molar refractivity (Wildman–Crippen MR) is 68.7 cm³/mol. The van der Waals surface area contributed by atoms with Crippen LogP contribution in [0.3, 0.4) is 0 Å². The fraction of sp³-hybridized carbons (Fsp3) is 0.571. The van der Waals surface area contributed by atoms with Gasteiger partial charge in [0.15, 0.2) is 11.6 Å². The first-order valence-electron chi connectivity index (χ1n) is 6.23. The minimum atomic E-state index is -1.16. The minimum Gasteiger partial charge on any atom is -0.383 e. The maximum Gasteiger partial charge on any atom is 0.161 e. The average Bonchev–Trinajstić information content (AvgIpc) is 2.33. The van der Waals surface area contributed by atoms with Crippen molar-refractivity contribution in [2.45, 2.75) is 25.7 Å². The molecule has 1 aromatic carbocycles. The van der Waals surface area contributed by atoms with E-state index in [0.717, 1.165) is 6.07 Å². The molecule has 108 valence electrons. The van der Waals surface area contributed by atoms with Crippen molar-refractivity contribution in [1.82, 2.24) is 5.32 Å². The lowest BCUT2D eigenvalue weighted by Gasteiger charge is -2.26. The van der Waals surface area contributed by atoms with E-state index in [9.17, 15) is 13.2 Å². The number of hydrogen-bond donors (Lipinski definition) is 1. The van der Waals surface area contributed by atoms with Crippen LogP contribution >= 0.6 is 0 Å². The Kier molecular flexibility index (Phi) is 5.82. The van der Waals surface area contributed by atoms with Crippen molar-refractivity contribution >= 4 is 0 Å². The van der Waals surface area contributed by atoms with Gasteiger partial charge in [-0.3, -0.25) is 0 Å². The van der Waals surface area contributed by atoms with Crippen LogP contribution in [0.15, 0.2) is 12.1 Å². The maximum absolute atomic E-state index is 13.7. The number of methoxy groups -OCH3 is 1. The molecule has 2 nitrogen and oxygen atoms in total. The van der Waals surface area contributed by atoms with Crippen LogP contribution in [0.4, 0.5) is 13.2 Å². The molecule has 1 rings (SSSR count). The molecule has 0 fully saturated rings. The molecule has 0 saturated heterocycles. The molecule has 5 heteroatoms. The molecule has 0 heterocycles. The van der Waals surface area contributed by atoms with Gasteiger partial charge in [0, 0.05) is 19.7 Å². The molecule has 0 aromatic heterocycles. The lowest BCUT2D eigenvalue weighted by molar-refractivity contribution is 0.198. The van der Waals surface area contributed by atoms with Crippen molar-refractivity contribution in [2.75, 3.05) is 26.8 Å². The lowest BCUT2D eigenvalue weighted by Crippen LogP contribution is -2.28.